The second kappa shape index (κ2) is 8.87. The molecule has 0 radical (unpaired) electrons. The van der Waals surface area contributed by atoms with E-state index >= 15 is 0 Å². The van der Waals surface area contributed by atoms with Crippen molar-refractivity contribution in [2.24, 2.45) is 0 Å². The van der Waals surface area contributed by atoms with Crippen LogP contribution < -0.4 is 4.74 Å². The Balaban J connectivity index is 1.33. The van der Waals surface area contributed by atoms with Crippen LogP contribution in [0, 0.1) is 6.92 Å². The molecule has 2 saturated heterocycles. The number of rotatable bonds is 5. The number of aryl methyl sites for hydroxylation is 1. The third-order valence-corrected chi connectivity index (χ3v) is 5.12. The van der Waals surface area contributed by atoms with Crippen molar-refractivity contribution in [2.45, 2.75) is 38.3 Å². The van der Waals surface area contributed by atoms with E-state index in [1.807, 2.05) is 19.1 Å². The molecule has 2 fully saturated rings. The van der Waals surface area contributed by atoms with E-state index in [0.29, 0.717) is 16.9 Å². The third-order valence-electron chi connectivity index (χ3n) is 5.12. The first-order valence-electron chi connectivity index (χ1n) is 9.91. The molecule has 4 atom stereocenters. The lowest BCUT2D eigenvalue weighted by molar-refractivity contribution is -0.131. The molecule has 0 spiro atoms. The topological polar surface area (TPSA) is 97.4 Å². The van der Waals surface area contributed by atoms with Crippen molar-refractivity contribution < 1.29 is 38.1 Å². The van der Waals surface area contributed by atoms with E-state index < -0.39 is 42.3 Å². The van der Waals surface area contributed by atoms with Gasteiger partial charge >= 0.3 is 17.9 Å². The summed E-state index contributed by atoms with van der Waals surface area (Å²) in [6.45, 7) is 3.54. The average molecular weight is 426 g/mol. The van der Waals surface area contributed by atoms with Crippen LogP contribution in [0.5, 0.6) is 5.75 Å². The number of carbonyl (C=O) groups is 3. The summed E-state index contributed by atoms with van der Waals surface area (Å²) in [5.41, 5.74) is 1.80. The van der Waals surface area contributed by atoms with Gasteiger partial charge in [-0.25, -0.2) is 9.59 Å². The average Bonchev–Trinajstić information content (AvgIpc) is 3.32. The molecule has 8 heteroatoms. The van der Waals surface area contributed by atoms with Crippen LogP contribution in [0.3, 0.4) is 0 Å². The molecule has 2 aliphatic heterocycles. The smallest absolute Gasteiger partial charge is 0.338 e. The van der Waals surface area contributed by atoms with Gasteiger partial charge in [0.15, 0.2) is 12.2 Å². The number of ether oxygens (including phenoxy) is 5. The Morgan fingerprint density at radius 2 is 1.23 bits per heavy atom. The molecule has 3 unspecified atom stereocenters. The Hall–Kier alpha value is -3.23. The third kappa shape index (κ3) is 4.76. The molecule has 31 heavy (non-hydrogen) atoms. The van der Waals surface area contributed by atoms with Crippen molar-refractivity contribution in [1.82, 2.24) is 0 Å². The number of benzene rings is 2. The highest BCUT2D eigenvalue weighted by atomic mass is 16.7. The number of esters is 3. The molecular weight excluding hydrogens is 404 g/mol. The normalized spacial score (nSPS) is 24.3. The van der Waals surface area contributed by atoms with Crippen molar-refractivity contribution >= 4 is 17.9 Å². The maximum Gasteiger partial charge on any atom is 0.338 e. The van der Waals surface area contributed by atoms with Gasteiger partial charge in [0, 0.05) is 6.92 Å². The van der Waals surface area contributed by atoms with E-state index in [-0.39, 0.29) is 13.2 Å². The van der Waals surface area contributed by atoms with E-state index in [9.17, 15) is 14.4 Å². The standard InChI is InChI=1S/C23H22O8/c1-13-3-5-15(6-4-13)22(25)30-18-11-27-21-19(12-28-20(18)21)31-23(26)16-7-9-17(10-8-16)29-14(2)24/h3-10,18-21H,11-12H2,1-2H3/t18?,19-,20?,21?/m1/s1. The van der Waals surface area contributed by atoms with Crippen LogP contribution in [0.4, 0.5) is 0 Å². The summed E-state index contributed by atoms with van der Waals surface area (Å²) >= 11 is 0. The van der Waals surface area contributed by atoms with E-state index in [1.165, 1.54) is 31.2 Å². The fourth-order valence-corrected chi connectivity index (χ4v) is 3.56. The highest BCUT2D eigenvalue weighted by Gasteiger charge is 2.51. The van der Waals surface area contributed by atoms with Gasteiger partial charge in [-0.05, 0) is 43.3 Å². The van der Waals surface area contributed by atoms with E-state index in [2.05, 4.69) is 0 Å². The molecule has 2 aromatic rings. The first-order chi connectivity index (χ1) is 14.9. The van der Waals surface area contributed by atoms with Gasteiger partial charge in [0.25, 0.3) is 0 Å². The van der Waals surface area contributed by atoms with Crippen LogP contribution in [0.25, 0.3) is 0 Å². The van der Waals surface area contributed by atoms with Crippen LogP contribution in [0.1, 0.15) is 33.2 Å². The van der Waals surface area contributed by atoms with Crippen molar-refractivity contribution in [3.05, 3.63) is 65.2 Å². The minimum absolute atomic E-state index is 0.144. The zero-order chi connectivity index (χ0) is 22.0. The van der Waals surface area contributed by atoms with Crippen LogP contribution in [0.2, 0.25) is 0 Å². The Bertz CT molecular complexity index is 966. The molecule has 0 saturated carbocycles. The van der Waals surface area contributed by atoms with Gasteiger partial charge in [0.1, 0.15) is 18.0 Å². The van der Waals surface area contributed by atoms with Crippen LogP contribution in [-0.4, -0.2) is 55.5 Å². The Kier molecular flexibility index (Phi) is 6.01. The Morgan fingerprint density at radius 1 is 0.774 bits per heavy atom. The van der Waals surface area contributed by atoms with Gasteiger partial charge in [0.05, 0.1) is 24.3 Å². The highest BCUT2D eigenvalue weighted by molar-refractivity contribution is 5.90. The number of hydrogen-bond donors (Lipinski definition) is 0. The van der Waals surface area contributed by atoms with Gasteiger partial charge in [-0.15, -0.1) is 0 Å². The molecule has 2 heterocycles. The van der Waals surface area contributed by atoms with Crippen LogP contribution in [0.15, 0.2) is 48.5 Å². The van der Waals surface area contributed by atoms with Crippen molar-refractivity contribution in [1.29, 1.82) is 0 Å². The molecule has 2 aromatic carbocycles. The van der Waals surface area contributed by atoms with Gasteiger partial charge in [-0.1, -0.05) is 17.7 Å². The molecule has 0 aliphatic carbocycles. The largest absolute Gasteiger partial charge is 0.453 e. The monoisotopic (exact) mass is 426 g/mol. The van der Waals surface area contributed by atoms with Crippen molar-refractivity contribution in [2.75, 3.05) is 13.2 Å². The summed E-state index contributed by atoms with van der Waals surface area (Å²) in [6, 6.07) is 13.1. The van der Waals surface area contributed by atoms with Crippen molar-refractivity contribution in [3.63, 3.8) is 0 Å². The Morgan fingerprint density at radius 3 is 1.68 bits per heavy atom. The lowest BCUT2D eigenvalue weighted by Crippen LogP contribution is -2.36. The summed E-state index contributed by atoms with van der Waals surface area (Å²) in [4.78, 5) is 35.8. The predicted molar refractivity (Wildman–Crippen MR) is 107 cm³/mol. The molecule has 4 rings (SSSR count). The maximum atomic E-state index is 12.5. The molecule has 0 amide bonds. The number of fused-ring (bicyclic) bond motifs is 1. The molecule has 0 aromatic heterocycles. The van der Waals surface area contributed by atoms with Crippen LogP contribution >= 0.6 is 0 Å². The molecule has 8 nitrogen and oxygen atoms in total. The summed E-state index contributed by atoms with van der Waals surface area (Å²) in [6.07, 6.45) is -2.21. The lowest BCUT2D eigenvalue weighted by atomic mass is 10.1. The SMILES string of the molecule is CC(=O)Oc1ccc(C(=O)O[C@@H]2COC3C(OC(=O)c4ccc(C)cc4)COC32)cc1. The van der Waals surface area contributed by atoms with Gasteiger partial charge in [-0.3, -0.25) is 4.79 Å². The second-order valence-corrected chi connectivity index (χ2v) is 7.47. The fourth-order valence-electron chi connectivity index (χ4n) is 3.56. The van der Waals surface area contributed by atoms with Gasteiger partial charge < -0.3 is 23.7 Å². The first-order valence-corrected chi connectivity index (χ1v) is 9.91. The Labute approximate surface area is 179 Å². The zero-order valence-electron chi connectivity index (χ0n) is 17.1. The summed E-state index contributed by atoms with van der Waals surface area (Å²) in [5.74, 6) is -1.11. The number of hydrogen-bond acceptors (Lipinski definition) is 8. The van der Waals surface area contributed by atoms with Crippen LogP contribution in [-0.2, 0) is 23.7 Å². The summed E-state index contributed by atoms with van der Waals surface area (Å²) in [7, 11) is 0. The molecule has 162 valence electrons. The minimum Gasteiger partial charge on any atom is -0.453 e. The van der Waals surface area contributed by atoms with Crippen molar-refractivity contribution in [3.8, 4) is 5.75 Å². The first kappa shape index (κ1) is 21.0. The zero-order valence-corrected chi connectivity index (χ0v) is 17.1. The number of carbonyl (C=O) groups excluding carboxylic acids is 3. The van der Waals surface area contributed by atoms with Gasteiger partial charge in [-0.2, -0.15) is 0 Å². The molecule has 2 aliphatic rings. The second-order valence-electron chi connectivity index (χ2n) is 7.47. The minimum atomic E-state index is -0.617. The van der Waals surface area contributed by atoms with E-state index in [0.717, 1.165) is 5.56 Å². The quantitative estimate of drug-likeness (QED) is 0.531. The fraction of sp³-hybridized carbons (Fsp3) is 0.348. The van der Waals surface area contributed by atoms with Gasteiger partial charge in [0.2, 0.25) is 0 Å². The summed E-state index contributed by atoms with van der Waals surface area (Å²) < 4.78 is 27.5. The highest BCUT2D eigenvalue weighted by Crippen LogP contribution is 2.31. The molecule has 0 bridgehead atoms. The molecule has 0 N–H and O–H groups in total. The lowest BCUT2D eigenvalue weighted by Gasteiger charge is -2.17. The molecular formula is C23H22O8. The van der Waals surface area contributed by atoms with E-state index in [1.54, 1.807) is 12.1 Å². The maximum absolute atomic E-state index is 12.5. The predicted octanol–water partition coefficient (Wildman–Crippen LogP) is 2.47. The summed E-state index contributed by atoms with van der Waals surface area (Å²) in [5, 5.41) is 0. The van der Waals surface area contributed by atoms with E-state index in [4.69, 9.17) is 23.7 Å².